The molecule has 8 heteroatoms. The highest BCUT2D eigenvalue weighted by Gasteiger charge is 2.52. The van der Waals surface area contributed by atoms with Crippen molar-refractivity contribution in [3.63, 3.8) is 0 Å². The van der Waals surface area contributed by atoms with Gasteiger partial charge in [-0.3, -0.25) is 14.6 Å². The number of hydrogen-bond acceptors (Lipinski definition) is 4. The van der Waals surface area contributed by atoms with Gasteiger partial charge >= 0.3 is 12.0 Å². The largest absolute Gasteiger partial charge is 0.421 e. The third-order valence-electron chi connectivity index (χ3n) is 5.10. The minimum atomic E-state index is -0.571. The Morgan fingerprint density at radius 1 is 1.12 bits per heavy atom. The van der Waals surface area contributed by atoms with Crippen LogP contribution in [0.2, 0.25) is 0 Å². The Morgan fingerprint density at radius 3 is 2.36 bits per heavy atom. The van der Waals surface area contributed by atoms with Crippen LogP contribution in [0.3, 0.4) is 0 Å². The Hall–Kier alpha value is -2.51. The van der Waals surface area contributed by atoms with Crippen molar-refractivity contribution in [2.45, 2.75) is 46.6 Å². The normalized spacial score (nSPS) is 20.6. The standard InChI is InChI=1S/C17H25N6O2/c1-7-8-9-22-13-14(20(5)17(25)21(6)15(13)24)18-16(22)23-12(4)10(2)11(3)19-23/h13H,7-9H2,1-6H3/q+1. The van der Waals surface area contributed by atoms with Crippen LogP contribution >= 0.6 is 0 Å². The number of imide groups is 1. The van der Waals surface area contributed by atoms with Crippen molar-refractivity contribution in [2.24, 2.45) is 4.99 Å². The van der Waals surface area contributed by atoms with Gasteiger partial charge in [0.25, 0.3) is 5.91 Å². The third kappa shape index (κ3) is 2.47. The van der Waals surface area contributed by atoms with Gasteiger partial charge in [-0.15, -0.1) is 9.78 Å². The summed E-state index contributed by atoms with van der Waals surface area (Å²) in [4.78, 5) is 32.3. The highest BCUT2D eigenvalue weighted by atomic mass is 16.2. The zero-order chi connectivity index (χ0) is 18.5. The maximum atomic E-state index is 12.8. The lowest BCUT2D eigenvalue weighted by Gasteiger charge is -2.31. The number of unbranched alkanes of at least 4 members (excludes halogenated alkanes) is 1. The first kappa shape index (κ1) is 17.3. The molecule has 0 spiro atoms. The van der Waals surface area contributed by atoms with Gasteiger partial charge in [0.1, 0.15) is 5.69 Å². The maximum Gasteiger partial charge on any atom is 0.421 e. The Morgan fingerprint density at radius 2 is 1.80 bits per heavy atom. The third-order valence-corrected chi connectivity index (χ3v) is 5.10. The fraction of sp³-hybridized carbons (Fsp3) is 0.588. The molecule has 3 rings (SSSR count). The Labute approximate surface area is 147 Å². The van der Waals surface area contributed by atoms with Gasteiger partial charge in [0.2, 0.25) is 11.9 Å². The summed E-state index contributed by atoms with van der Waals surface area (Å²) in [6.07, 6.45) is 1.93. The number of nitrogens with zero attached hydrogens (tertiary/aromatic N) is 6. The molecular weight excluding hydrogens is 320 g/mol. The van der Waals surface area contributed by atoms with Crippen molar-refractivity contribution >= 4 is 23.7 Å². The van der Waals surface area contributed by atoms with E-state index in [1.54, 1.807) is 11.7 Å². The lowest BCUT2D eigenvalue weighted by Crippen LogP contribution is -2.61. The second kappa shape index (κ2) is 6.09. The number of aromatic nitrogens is 2. The van der Waals surface area contributed by atoms with E-state index in [0.717, 1.165) is 34.7 Å². The van der Waals surface area contributed by atoms with E-state index in [1.165, 1.54) is 11.9 Å². The number of hydrogen-bond donors (Lipinski definition) is 0. The van der Waals surface area contributed by atoms with Gasteiger partial charge in [0, 0.05) is 19.7 Å². The lowest BCUT2D eigenvalue weighted by molar-refractivity contribution is -0.537. The van der Waals surface area contributed by atoms with Gasteiger partial charge in [-0.2, -0.15) is 0 Å². The summed E-state index contributed by atoms with van der Waals surface area (Å²) in [5.41, 5.74) is 3.03. The number of carbonyl (C=O) groups excluding carboxylic acids is 2. The molecular formula is C17H25N6O2+. The number of amidine groups is 1. The second-order valence-electron chi connectivity index (χ2n) is 6.67. The number of likely N-dealkylation sites (N-methyl/N-ethyl adjacent to an activating group) is 2. The number of urea groups is 1. The van der Waals surface area contributed by atoms with Crippen molar-refractivity contribution in [3.05, 3.63) is 17.0 Å². The zero-order valence-corrected chi connectivity index (χ0v) is 15.7. The number of carbonyl (C=O) groups is 2. The maximum absolute atomic E-state index is 12.8. The molecule has 3 amide bonds. The van der Waals surface area contributed by atoms with Crippen molar-refractivity contribution in [1.82, 2.24) is 19.6 Å². The van der Waals surface area contributed by atoms with E-state index in [2.05, 4.69) is 17.0 Å². The first-order chi connectivity index (χ1) is 11.8. The molecule has 1 atom stereocenters. The smallest absolute Gasteiger partial charge is 0.270 e. The Balaban J connectivity index is 2.17. The van der Waals surface area contributed by atoms with Crippen LogP contribution in [0.1, 0.15) is 36.7 Å². The van der Waals surface area contributed by atoms with Crippen LogP contribution in [0.15, 0.2) is 4.99 Å². The number of fused-ring (bicyclic) bond motifs is 1. The molecule has 1 saturated heterocycles. The quantitative estimate of drug-likeness (QED) is 0.771. The molecule has 134 valence electrons. The molecule has 0 N–H and O–H groups in total. The topological polar surface area (TPSA) is 73.8 Å². The summed E-state index contributed by atoms with van der Waals surface area (Å²) >= 11 is 0. The van der Waals surface area contributed by atoms with E-state index in [-0.39, 0.29) is 11.9 Å². The minimum absolute atomic E-state index is 0.244. The van der Waals surface area contributed by atoms with E-state index in [1.807, 2.05) is 25.3 Å². The molecule has 1 unspecified atom stereocenters. The Bertz CT molecular complexity index is 819. The van der Waals surface area contributed by atoms with Gasteiger partial charge in [0.05, 0.1) is 12.2 Å². The van der Waals surface area contributed by atoms with Crippen LogP contribution in [-0.2, 0) is 4.79 Å². The van der Waals surface area contributed by atoms with Crippen molar-refractivity contribution in [2.75, 3.05) is 20.6 Å². The number of rotatable bonds is 3. The first-order valence-corrected chi connectivity index (χ1v) is 8.60. The van der Waals surface area contributed by atoms with Crippen molar-refractivity contribution in [3.8, 4) is 0 Å². The van der Waals surface area contributed by atoms with Crippen molar-refractivity contribution < 1.29 is 14.2 Å². The minimum Gasteiger partial charge on any atom is -0.270 e. The van der Waals surface area contributed by atoms with Gasteiger partial charge < -0.3 is 0 Å². The molecule has 2 aliphatic rings. The highest BCUT2D eigenvalue weighted by Crippen LogP contribution is 2.21. The number of amides is 3. The summed E-state index contributed by atoms with van der Waals surface area (Å²) in [6, 6.07) is -0.931. The predicted molar refractivity (Wildman–Crippen MR) is 94.0 cm³/mol. The molecule has 0 aromatic carbocycles. The molecule has 2 aliphatic heterocycles. The van der Waals surface area contributed by atoms with Crippen molar-refractivity contribution in [1.29, 1.82) is 0 Å². The summed E-state index contributed by atoms with van der Waals surface area (Å²) in [5, 5.41) is 4.60. The molecule has 0 bridgehead atoms. The molecule has 0 aliphatic carbocycles. The van der Waals surface area contributed by atoms with Crippen LogP contribution in [0, 0.1) is 20.8 Å². The Kier molecular flexibility index (Phi) is 4.22. The average molecular weight is 345 g/mol. The average Bonchev–Trinajstić information content (AvgIpc) is 3.09. The zero-order valence-electron chi connectivity index (χ0n) is 15.7. The van der Waals surface area contributed by atoms with Gasteiger partial charge in [-0.1, -0.05) is 18.3 Å². The van der Waals surface area contributed by atoms with E-state index in [0.29, 0.717) is 18.3 Å². The lowest BCUT2D eigenvalue weighted by atomic mass is 10.1. The molecule has 0 radical (unpaired) electrons. The van der Waals surface area contributed by atoms with Gasteiger partial charge in [-0.25, -0.2) is 9.37 Å². The fourth-order valence-electron chi connectivity index (χ4n) is 3.23. The van der Waals surface area contributed by atoms with Crippen LogP contribution in [0.4, 0.5) is 4.79 Å². The first-order valence-electron chi connectivity index (χ1n) is 8.60. The molecule has 0 saturated carbocycles. The second-order valence-corrected chi connectivity index (χ2v) is 6.67. The van der Waals surface area contributed by atoms with E-state index < -0.39 is 6.04 Å². The van der Waals surface area contributed by atoms with Gasteiger partial charge in [-0.05, 0) is 27.2 Å². The summed E-state index contributed by atoms with van der Waals surface area (Å²) in [5.74, 6) is 0.848. The summed E-state index contributed by atoms with van der Waals surface area (Å²) < 4.78 is 3.76. The van der Waals surface area contributed by atoms with Crippen LogP contribution in [-0.4, -0.2) is 74.6 Å². The van der Waals surface area contributed by atoms with Crippen LogP contribution in [0.5, 0.6) is 0 Å². The number of aryl methyl sites for hydroxylation is 1. The molecule has 1 fully saturated rings. The van der Waals surface area contributed by atoms with Gasteiger partial charge in [0.15, 0.2) is 0 Å². The molecule has 25 heavy (non-hydrogen) atoms. The summed E-state index contributed by atoms with van der Waals surface area (Å²) in [7, 11) is 3.17. The fourth-order valence-corrected chi connectivity index (χ4v) is 3.23. The van der Waals surface area contributed by atoms with Crippen LogP contribution < -0.4 is 0 Å². The monoisotopic (exact) mass is 345 g/mol. The predicted octanol–water partition coefficient (Wildman–Crippen LogP) is 1.13. The van der Waals surface area contributed by atoms with Crippen LogP contribution in [0.25, 0.3) is 0 Å². The molecule has 1 aromatic heterocycles. The van der Waals surface area contributed by atoms with E-state index in [9.17, 15) is 9.59 Å². The summed E-state index contributed by atoms with van der Waals surface area (Å²) in [6.45, 7) is 8.76. The van der Waals surface area contributed by atoms with E-state index >= 15 is 0 Å². The van der Waals surface area contributed by atoms with E-state index in [4.69, 9.17) is 0 Å². The number of aliphatic imine (C=N–C) groups is 1. The highest BCUT2D eigenvalue weighted by molar-refractivity contribution is 6.22. The molecule has 3 heterocycles. The molecule has 1 aromatic rings. The SMILES string of the molecule is CCCC[N+]1=C(n2nc(C)c(C)c2C)N=C2C1C(=O)N(C)C(=O)N2C. The molecule has 8 nitrogen and oxygen atoms in total.